The number of likely N-dealkylation sites (N-methyl/N-ethyl adjacent to an activating group) is 2. The molecule has 2 N–H and O–H groups in total. The van der Waals surface area contributed by atoms with Crippen molar-refractivity contribution in [3.63, 3.8) is 0 Å². The first-order valence-corrected chi connectivity index (χ1v) is 16.7. The van der Waals surface area contributed by atoms with Gasteiger partial charge in [-0.1, -0.05) is 6.92 Å². The molecule has 218 valence electrons. The summed E-state index contributed by atoms with van der Waals surface area (Å²) < 4.78 is 19.6. The minimum Gasteiger partial charge on any atom is -0.480 e. The first-order chi connectivity index (χ1) is 19.5. The van der Waals surface area contributed by atoms with Gasteiger partial charge in [0.15, 0.2) is 0 Å². The van der Waals surface area contributed by atoms with E-state index in [-0.39, 0.29) is 0 Å². The van der Waals surface area contributed by atoms with E-state index in [1.54, 1.807) is 39.0 Å². The van der Waals surface area contributed by atoms with Gasteiger partial charge in [-0.15, -0.1) is 0 Å². The molecule has 0 radical (unpaired) electrons. The molecule has 0 amide bonds. The molecule has 3 heterocycles. The molecular formula is C28H37BrN9O2P. The lowest BCUT2D eigenvalue weighted by atomic mass is 10.1. The van der Waals surface area contributed by atoms with Crippen molar-refractivity contribution < 1.29 is 9.30 Å². The maximum absolute atomic E-state index is 13.3. The van der Waals surface area contributed by atoms with Crippen molar-refractivity contribution in [2.24, 2.45) is 0 Å². The van der Waals surface area contributed by atoms with Crippen LogP contribution in [-0.2, 0) is 17.5 Å². The quantitative estimate of drug-likeness (QED) is 0.206. The van der Waals surface area contributed by atoms with Gasteiger partial charge in [0.05, 0.1) is 33.8 Å². The Hall–Kier alpha value is -3.18. The van der Waals surface area contributed by atoms with Crippen molar-refractivity contribution in [2.45, 2.75) is 19.9 Å². The molecule has 3 aromatic heterocycles. The molecule has 11 nitrogen and oxygen atoms in total. The van der Waals surface area contributed by atoms with Crippen LogP contribution < -0.4 is 20.7 Å². The number of hydrogen-bond acceptors (Lipinski definition) is 11. The molecule has 0 saturated heterocycles. The van der Waals surface area contributed by atoms with Crippen LogP contribution in [0.2, 0.25) is 0 Å². The predicted octanol–water partition coefficient (Wildman–Crippen LogP) is 4.88. The van der Waals surface area contributed by atoms with E-state index in [0.29, 0.717) is 56.4 Å². The summed E-state index contributed by atoms with van der Waals surface area (Å²) in [7, 11) is 5.10. The smallest absolute Gasteiger partial charge is 0.237 e. The molecule has 0 bridgehead atoms. The van der Waals surface area contributed by atoms with Gasteiger partial charge in [-0.25, -0.2) is 9.97 Å². The minimum atomic E-state index is -2.73. The molecule has 41 heavy (non-hydrogen) atoms. The molecule has 0 aliphatic carbocycles. The maximum atomic E-state index is 13.3. The number of fused-ring (bicyclic) bond motifs is 1. The number of nitrogens with one attached hydrogen (secondary N) is 2. The zero-order valence-electron chi connectivity index (χ0n) is 24.6. The third kappa shape index (κ3) is 7.56. The Morgan fingerprint density at radius 1 is 1.00 bits per heavy atom. The zero-order valence-corrected chi connectivity index (χ0v) is 27.0. The molecule has 0 saturated carbocycles. The normalized spacial score (nSPS) is 11.9. The van der Waals surface area contributed by atoms with E-state index >= 15 is 0 Å². The number of aromatic nitrogens is 5. The highest BCUT2D eigenvalue weighted by molar-refractivity contribution is 9.10. The average molecular weight is 643 g/mol. The van der Waals surface area contributed by atoms with Gasteiger partial charge in [0.1, 0.15) is 24.2 Å². The number of pyridine rings is 1. The van der Waals surface area contributed by atoms with Crippen LogP contribution in [0.5, 0.6) is 5.88 Å². The molecule has 0 aliphatic heterocycles. The summed E-state index contributed by atoms with van der Waals surface area (Å²) in [6, 6.07) is 5.74. The second kappa shape index (κ2) is 13.2. The van der Waals surface area contributed by atoms with Crippen LogP contribution in [0, 0.1) is 0 Å². The highest BCUT2D eigenvalue weighted by atomic mass is 79.9. The number of nitrogens with zero attached hydrogens (tertiary/aromatic N) is 7. The number of hydrogen-bond donors (Lipinski definition) is 2. The Morgan fingerprint density at radius 3 is 2.44 bits per heavy atom. The van der Waals surface area contributed by atoms with Gasteiger partial charge in [0, 0.05) is 38.2 Å². The molecule has 0 fully saturated rings. The van der Waals surface area contributed by atoms with Crippen molar-refractivity contribution >= 4 is 62.6 Å². The topological polar surface area (TPSA) is 121 Å². The number of anilines is 4. The molecule has 0 unspecified atom stereocenters. The summed E-state index contributed by atoms with van der Waals surface area (Å²) in [5.41, 5.74) is 4.69. The Kier molecular flexibility index (Phi) is 9.91. The number of benzene rings is 1. The minimum absolute atomic E-state index is 0.354. The van der Waals surface area contributed by atoms with Gasteiger partial charge in [0.25, 0.3) is 0 Å². The number of halogens is 1. The van der Waals surface area contributed by atoms with Gasteiger partial charge >= 0.3 is 0 Å². The lowest BCUT2D eigenvalue weighted by Gasteiger charge is -2.21. The van der Waals surface area contributed by atoms with Gasteiger partial charge in [-0.2, -0.15) is 4.98 Å². The van der Waals surface area contributed by atoms with E-state index in [2.05, 4.69) is 79.4 Å². The van der Waals surface area contributed by atoms with Gasteiger partial charge in [0.2, 0.25) is 11.8 Å². The average Bonchev–Trinajstić information content (AvgIpc) is 2.93. The van der Waals surface area contributed by atoms with E-state index in [9.17, 15) is 4.57 Å². The molecule has 13 heteroatoms. The Balaban J connectivity index is 1.64. The predicted molar refractivity (Wildman–Crippen MR) is 170 cm³/mol. The Bertz CT molecular complexity index is 1580. The Labute approximate surface area is 249 Å². The third-order valence-electron chi connectivity index (χ3n) is 6.48. The second-order valence-electron chi connectivity index (χ2n) is 10.4. The Morgan fingerprint density at radius 2 is 1.76 bits per heavy atom. The number of methoxy groups -OCH3 is 1. The summed E-state index contributed by atoms with van der Waals surface area (Å²) in [6.45, 7) is 8.16. The highest BCUT2D eigenvalue weighted by Gasteiger charge is 2.22. The van der Waals surface area contributed by atoms with Gasteiger partial charge < -0.3 is 24.8 Å². The van der Waals surface area contributed by atoms with Crippen LogP contribution >= 0.6 is 23.1 Å². The maximum Gasteiger partial charge on any atom is 0.237 e. The molecule has 0 atom stereocenters. The monoisotopic (exact) mass is 641 g/mol. The number of aryl methyl sites for hydroxylation is 1. The van der Waals surface area contributed by atoms with Crippen LogP contribution in [0.3, 0.4) is 0 Å². The van der Waals surface area contributed by atoms with E-state index in [1.807, 2.05) is 18.2 Å². The van der Waals surface area contributed by atoms with Crippen LogP contribution in [0.1, 0.15) is 18.2 Å². The zero-order chi connectivity index (χ0) is 29.7. The third-order valence-corrected chi connectivity index (χ3v) is 8.59. The van der Waals surface area contributed by atoms with Crippen molar-refractivity contribution in [3.8, 4) is 5.88 Å². The van der Waals surface area contributed by atoms with Crippen LogP contribution in [0.25, 0.3) is 11.0 Å². The molecule has 0 aliphatic rings. The van der Waals surface area contributed by atoms with Crippen LogP contribution in [0.4, 0.5) is 23.1 Å². The van der Waals surface area contributed by atoms with Crippen molar-refractivity contribution in [2.75, 3.05) is 65.3 Å². The lowest BCUT2D eigenvalue weighted by Crippen LogP contribution is -2.29. The largest absolute Gasteiger partial charge is 0.480 e. The van der Waals surface area contributed by atoms with Crippen molar-refractivity contribution in [3.05, 3.63) is 52.5 Å². The van der Waals surface area contributed by atoms with E-state index in [4.69, 9.17) is 14.7 Å². The van der Waals surface area contributed by atoms with Crippen molar-refractivity contribution in [1.29, 1.82) is 0 Å². The van der Waals surface area contributed by atoms with Gasteiger partial charge in [-0.3, -0.25) is 14.9 Å². The highest BCUT2D eigenvalue weighted by Crippen LogP contribution is 2.41. The van der Waals surface area contributed by atoms with E-state index in [1.165, 1.54) is 0 Å². The summed E-state index contributed by atoms with van der Waals surface area (Å²) >= 11 is 3.55. The summed E-state index contributed by atoms with van der Waals surface area (Å²) in [5, 5.41) is 7.23. The summed E-state index contributed by atoms with van der Waals surface area (Å²) in [5.74, 6) is 1.32. The van der Waals surface area contributed by atoms with Crippen LogP contribution in [0.15, 0.2) is 41.3 Å². The van der Waals surface area contributed by atoms with Crippen LogP contribution in [-0.4, -0.2) is 89.4 Å². The van der Waals surface area contributed by atoms with E-state index < -0.39 is 7.14 Å². The number of rotatable bonds is 12. The molecule has 0 spiro atoms. The number of ether oxygens (including phenoxy) is 1. The first-order valence-electron chi connectivity index (χ1n) is 13.3. The fourth-order valence-electron chi connectivity index (χ4n) is 4.40. The lowest BCUT2D eigenvalue weighted by molar-refractivity contribution is 0.272. The second-order valence-corrected chi connectivity index (χ2v) is 14.4. The SMILES string of the molecule is CCc1cc(Nc2ncc(Br)c(Nc3ccc4nccnc4c3P(C)(C)=O)n2)c(OC)nc1CN(C)CCN(C)C. The summed E-state index contributed by atoms with van der Waals surface area (Å²) in [6.07, 6.45) is 5.70. The fraction of sp³-hybridized carbons (Fsp3) is 0.393. The van der Waals surface area contributed by atoms with E-state index in [0.717, 1.165) is 30.8 Å². The molecule has 4 aromatic rings. The van der Waals surface area contributed by atoms with Gasteiger partial charge in [-0.05, 0) is 80.6 Å². The summed E-state index contributed by atoms with van der Waals surface area (Å²) in [4.78, 5) is 27.3. The standard InChI is InChI=1S/C28H37BrN9O2P/c1-8-18-15-22(27(40-5)34-23(18)17-38(4)14-13-37(2)3)35-28-32-16-19(29)26(36-28)33-21-10-9-20-24(31-12-11-30-20)25(21)41(6,7)39/h9-12,15-16H,8,13-14,17H2,1-7H3,(H2,32,33,35,36). The molecule has 1 aromatic carbocycles. The molecule has 4 rings (SSSR count). The van der Waals surface area contributed by atoms with Crippen molar-refractivity contribution in [1.82, 2.24) is 34.7 Å². The first kappa shape index (κ1) is 30.8. The molecular weight excluding hydrogens is 605 g/mol. The fourth-order valence-corrected chi connectivity index (χ4v) is 6.08.